The van der Waals surface area contributed by atoms with E-state index in [1.165, 1.54) is 20.3 Å². The molecule has 0 amide bonds. The summed E-state index contributed by atoms with van der Waals surface area (Å²) in [6.07, 6.45) is 1.81. The SMILES string of the molecule is COc1ccc2oc(=O)cc(NCc3cn([C@@H]4c5cc6c(cc5[C@@H](c5cc(OC)c(O)c(OC)c5)[C@H]5C(=O)OC[C@@H]54)OCO6)nn3)c2c1. The molecule has 3 aromatic carbocycles. The quantitative estimate of drug-likeness (QED) is 0.182. The zero-order valence-electron chi connectivity index (χ0n) is 26.1. The highest BCUT2D eigenvalue weighted by Gasteiger charge is 2.53. The van der Waals surface area contributed by atoms with Crippen LogP contribution in [0.25, 0.3) is 11.0 Å². The number of nitrogens with one attached hydrogen (secondary N) is 1. The van der Waals surface area contributed by atoms with Crippen molar-refractivity contribution in [2.24, 2.45) is 11.8 Å². The van der Waals surface area contributed by atoms with Crippen LogP contribution in [-0.4, -0.2) is 60.8 Å². The van der Waals surface area contributed by atoms with Gasteiger partial charge in [-0.2, -0.15) is 0 Å². The van der Waals surface area contributed by atoms with Gasteiger partial charge in [0.05, 0.1) is 58.3 Å². The number of methoxy groups -OCH3 is 3. The summed E-state index contributed by atoms with van der Waals surface area (Å²) in [4.78, 5) is 25.8. The maximum atomic E-state index is 13.5. The molecule has 2 aliphatic heterocycles. The largest absolute Gasteiger partial charge is 0.502 e. The van der Waals surface area contributed by atoms with Gasteiger partial charge in [0, 0.05) is 23.3 Å². The minimum atomic E-state index is -0.613. The number of aromatic nitrogens is 3. The summed E-state index contributed by atoms with van der Waals surface area (Å²) >= 11 is 0. The predicted octanol–water partition coefficient (Wildman–Crippen LogP) is 3.98. The molecule has 5 aromatic rings. The van der Waals surface area contributed by atoms with E-state index >= 15 is 0 Å². The van der Waals surface area contributed by atoms with Gasteiger partial charge in [0.15, 0.2) is 23.0 Å². The van der Waals surface area contributed by atoms with Crippen molar-refractivity contribution >= 4 is 22.6 Å². The summed E-state index contributed by atoms with van der Waals surface area (Å²) in [6.45, 7) is 0.475. The molecule has 14 heteroatoms. The molecule has 3 aliphatic rings. The second-order valence-electron chi connectivity index (χ2n) is 11.7. The molecule has 1 aliphatic carbocycles. The highest BCUT2D eigenvalue weighted by Crippen LogP contribution is 2.56. The smallest absolute Gasteiger partial charge is 0.338 e. The Labute approximate surface area is 272 Å². The summed E-state index contributed by atoms with van der Waals surface area (Å²) in [5, 5.41) is 23.6. The van der Waals surface area contributed by atoms with E-state index < -0.39 is 23.5 Å². The molecule has 14 nitrogen and oxygen atoms in total. The molecule has 1 fully saturated rings. The van der Waals surface area contributed by atoms with E-state index in [0.29, 0.717) is 45.2 Å². The normalized spacial score (nSPS) is 20.6. The highest BCUT2D eigenvalue weighted by molar-refractivity contribution is 5.90. The van der Waals surface area contributed by atoms with Crippen molar-refractivity contribution in [1.29, 1.82) is 0 Å². The van der Waals surface area contributed by atoms with Crippen molar-refractivity contribution in [3.05, 3.63) is 87.5 Å². The first-order valence-corrected chi connectivity index (χ1v) is 15.2. The van der Waals surface area contributed by atoms with Crippen molar-refractivity contribution in [1.82, 2.24) is 15.0 Å². The van der Waals surface area contributed by atoms with E-state index in [2.05, 4.69) is 15.6 Å². The van der Waals surface area contributed by atoms with Crippen LogP contribution in [0.1, 0.15) is 34.3 Å². The number of ether oxygens (including phenoxy) is 6. The molecule has 0 saturated carbocycles. The lowest BCUT2D eigenvalue weighted by Crippen LogP contribution is -2.37. The van der Waals surface area contributed by atoms with Crippen molar-refractivity contribution in [3.8, 4) is 34.5 Å². The maximum Gasteiger partial charge on any atom is 0.338 e. The van der Waals surface area contributed by atoms with Crippen LogP contribution in [0.15, 0.2) is 63.9 Å². The number of carbonyl (C=O) groups excluding carboxylic acids is 1. The summed E-state index contributed by atoms with van der Waals surface area (Å²) in [5.41, 5.74) is 3.45. The van der Waals surface area contributed by atoms with E-state index in [1.807, 2.05) is 18.3 Å². The number of hydrogen-bond donors (Lipinski definition) is 2. The Morgan fingerprint density at radius 2 is 1.69 bits per heavy atom. The zero-order valence-corrected chi connectivity index (χ0v) is 26.1. The topological polar surface area (TPSA) is 166 Å². The number of aromatic hydroxyl groups is 1. The molecule has 4 atom stereocenters. The van der Waals surface area contributed by atoms with Crippen LogP contribution in [0.3, 0.4) is 0 Å². The van der Waals surface area contributed by atoms with E-state index in [0.717, 1.165) is 11.1 Å². The molecule has 48 heavy (non-hydrogen) atoms. The number of phenols is 1. The fraction of sp³-hybridized carbons (Fsp3) is 0.294. The van der Waals surface area contributed by atoms with Crippen molar-refractivity contribution in [2.75, 3.05) is 40.0 Å². The number of esters is 1. The first-order valence-electron chi connectivity index (χ1n) is 15.2. The fourth-order valence-corrected chi connectivity index (χ4v) is 7.10. The molecule has 2 aromatic heterocycles. The molecule has 4 heterocycles. The van der Waals surface area contributed by atoms with Crippen LogP contribution in [0.4, 0.5) is 5.69 Å². The van der Waals surface area contributed by atoms with Gasteiger partial charge in [-0.15, -0.1) is 5.10 Å². The van der Waals surface area contributed by atoms with Crippen molar-refractivity contribution in [3.63, 3.8) is 0 Å². The average molecular weight is 655 g/mol. The third-order valence-corrected chi connectivity index (χ3v) is 9.26. The number of hydrogen-bond acceptors (Lipinski definition) is 13. The number of rotatable bonds is 8. The standard InChI is InChI=1S/C34H30N4O10/c1-42-18-4-5-24-21(8-18)23(11-29(39)48-24)35-12-17-13-38(37-36-17)32-20-10-26-25(46-15-47-26)9-19(20)30(31-22(32)14-45-34(31)41)16-6-27(43-2)33(40)28(7-16)44-3/h4-11,13,22,30-32,35,40H,12,14-15H2,1-3H3/t22-,30+,31-,32+/m0/s1. The minimum Gasteiger partial charge on any atom is -0.502 e. The van der Waals surface area contributed by atoms with Gasteiger partial charge in [0.25, 0.3) is 0 Å². The predicted molar refractivity (Wildman–Crippen MR) is 168 cm³/mol. The van der Waals surface area contributed by atoms with Crippen molar-refractivity contribution in [2.45, 2.75) is 18.5 Å². The molecular formula is C34H30N4O10. The lowest BCUT2D eigenvalue weighted by atomic mass is 9.65. The molecule has 0 bridgehead atoms. The van der Waals surface area contributed by atoms with Gasteiger partial charge >= 0.3 is 11.6 Å². The lowest BCUT2D eigenvalue weighted by molar-refractivity contribution is -0.141. The van der Waals surface area contributed by atoms with Crippen LogP contribution in [0, 0.1) is 11.8 Å². The fourth-order valence-electron chi connectivity index (χ4n) is 7.10. The Kier molecular flexibility index (Phi) is 7.00. The molecule has 8 rings (SSSR count). The van der Waals surface area contributed by atoms with E-state index in [-0.39, 0.29) is 49.1 Å². The molecule has 0 spiro atoms. The van der Waals surface area contributed by atoms with Gasteiger partial charge in [0.1, 0.15) is 17.0 Å². The Bertz CT molecular complexity index is 2120. The van der Waals surface area contributed by atoms with E-state index in [1.54, 1.807) is 42.1 Å². The second-order valence-corrected chi connectivity index (χ2v) is 11.7. The van der Waals surface area contributed by atoms with Gasteiger partial charge in [-0.25, -0.2) is 9.48 Å². The molecular weight excluding hydrogens is 624 g/mol. The highest BCUT2D eigenvalue weighted by atomic mass is 16.7. The Hall–Kier alpha value is -5.92. The van der Waals surface area contributed by atoms with Gasteiger partial charge in [-0.3, -0.25) is 4.79 Å². The Morgan fingerprint density at radius 1 is 0.938 bits per heavy atom. The van der Waals surface area contributed by atoms with Crippen LogP contribution in [0.2, 0.25) is 0 Å². The molecule has 0 radical (unpaired) electrons. The molecule has 0 unspecified atom stereocenters. The van der Waals surface area contributed by atoms with Crippen LogP contribution >= 0.6 is 0 Å². The summed E-state index contributed by atoms with van der Waals surface area (Å²) in [6, 6.07) is 13.4. The summed E-state index contributed by atoms with van der Waals surface area (Å²) in [7, 11) is 4.48. The summed E-state index contributed by atoms with van der Waals surface area (Å²) < 4.78 is 40.6. The first-order chi connectivity index (χ1) is 23.4. The molecule has 2 N–H and O–H groups in total. The van der Waals surface area contributed by atoms with Gasteiger partial charge in [-0.1, -0.05) is 5.21 Å². The van der Waals surface area contributed by atoms with E-state index in [9.17, 15) is 14.7 Å². The van der Waals surface area contributed by atoms with E-state index in [4.69, 9.17) is 32.8 Å². The molecule has 246 valence electrons. The number of fused-ring (bicyclic) bond motifs is 4. The van der Waals surface area contributed by atoms with Crippen LogP contribution in [0.5, 0.6) is 34.5 Å². The zero-order chi connectivity index (χ0) is 33.1. The number of phenolic OH excluding ortho intramolecular Hbond substituents is 1. The number of carbonyl (C=O) groups is 1. The first kappa shape index (κ1) is 29.5. The lowest BCUT2D eigenvalue weighted by Gasteiger charge is -2.39. The summed E-state index contributed by atoms with van der Waals surface area (Å²) in [5.74, 6) is 0.254. The number of nitrogens with zero attached hydrogens (tertiary/aromatic N) is 3. The minimum absolute atomic E-state index is 0.0703. The average Bonchev–Trinajstić information content (AvgIpc) is 3.85. The number of anilines is 1. The maximum absolute atomic E-state index is 13.5. The Balaban J connectivity index is 1.19. The number of benzene rings is 3. The van der Waals surface area contributed by atoms with Gasteiger partial charge in [-0.05, 0) is 59.2 Å². The van der Waals surface area contributed by atoms with Crippen LogP contribution < -0.4 is 34.6 Å². The monoisotopic (exact) mass is 654 g/mol. The third kappa shape index (κ3) is 4.70. The molecule has 1 saturated heterocycles. The number of cyclic esters (lactones) is 1. The van der Waals surface area contributed by atoms with Gasteiger partial charge in [0.2, 0.25) is 12.5 Å². The third-order valence-electron chi connectivity index (χ3n) is 9.26. The second kappa shape index (κ2) is 11.4. The van der Waals surface area contributed by atoms with Crippen molar-refractivity contribution < 1.29 is 42.7 Å². The van der Waals surface area contributed by atoms with Gasteiger partial charge < -0.3 is 43.3 Å². The van der Waals surface area contributed by atoms with Crippen LogP contribution in [-0.2, 0) is 16.1 Å². The Morgan fingerprint density at radius 3 is 2.42 bits per heavy atom.